The molecule has 0 saturated heterocycles. The molecular formula is C16H14O4. The van der Waals surface area contributed by atoms with Crippen LogP contribution in [0.3, 0.4) is 0 Å². The molecule has 2 aromatic rings. The molecule has 3 rings (SSSR count). The first-order valence-electron chi connectivity index (χ1n) is 6.34. The molecule has 4 nitrogen and oxygen atoms in total. The SMILES string of the molecule is COc1cc(C=O)cc(-c2ccc3c(c2)OCCO3)c1. The molecule has 1 aliphatic heterocycles. The fourth-order valence-electron chi connectivity index (χ4n) is 2.20. The van der Waals surface area contributed by atoms with Crippen LogP contribution in [0.1, 0.15) is 10.4 Å². The molecule has 0 amide bonds. The Morgan fingerprint density at radius 1 is 1.00 bits per heavy atom. The fourth-order valence-corrected chi connectivity index (χ4v) is 2.20. The van der Waals surface area contributed by atoms with Crippen molar-refractivity contribution < 1.29 is 19.0 Å². The van der Waals surface area contributed by atoms with E-state index in [1.54, 1.807) is 13.2 Å². The summed E-state index contributed by atoms with van der Waals surface area (Å²) in [6.45, 7) is 1.12. The molecule has 20 heavy (non-hydrogen) atoms. The van der Waals surface area contributed by atoms with E-state index < -0.39 is 0 Å². The first kappa shape index (κ1) is 12.5. The molecule has 0 saturated carbocycles. The average molecular weight is 270 g/mol. The van der Waals surface area contributed by atoms with Gasteiger partial charge < -0.3 is 14.2 Å². The maximum absolute atomic E-state index is 11.0. The van der Waals surface area contributed by atoms with E-state index in [-0.39, 0.29) is 0 Å². The maximum atomic E-state index is 11.0. The van der Waals surface area contributed by atoms with Crippen LogP contribution in [-0.4, -0.2) is 26.6 Å². The van der Waals surface area contributed by atoms with Crippen molar-refractivity contribution in [2.24, 2.45) is 0 Å². The zero-order valence-corrected chi connectivity index (χ0v) is 11.1. The maximum Gasteiger partial charge on any atom is 0.161 e. The van der Waals surface area contributed by atoms with Crippen molar-refractivity contribution in [3.63, 3.8) is 0 Å². The zero-order chi connectivity index (χ0) is 13.9. The Morgan fingerprint density at radius 2 is 1.80 bits per heavy atom. The topological polar surface area (TPSA) is 44.8 Å². The molecule has 0 bridgehead atoms. The van der Waals surface area contributed by atoms with Crippen LogP contribution in [0.2, 0.25) is 0 Å². The Balaban J connectivity index is 2.06. The first-order valence-corrected chi connectivity index (χ1v) is 6.34. The summed E-state index contributed by atoms with van der Waals surface area (Å²) in [5.41, 5.74) is 2.44. The van der Waals surface area contributed by atoms with E-state index in [2.05, 4.69) is 0 Å². The molecular weight excluding hydrogens is 256 g/mol. The molecule has 0 radical (unpaired) electrons. The van der Waals surface area contributed by atoms with Crippen LogP contribution < -0.4 is 14.2 Å². The Bertz CT molecular complexity index is 649. The van der Waals surface area contributed by atoms with E-state index in [1.807, 2.05) is 30.3 Å². The average Bonchev–Trinajstić information content (AvgIpc) is 2.53. The number of hydrogen-bond donors (Lipinski definition) is 0. The summed E-state index contributed by atoms with van der Waals surface area (Å²) in [5, 5.41) is 0. The van der Waals surface area contributed by atoms with Gasteiger partial charge in [-0.3, -0.25) is 4.79 Å². The molecule has 1 heterocycles. The number of methoxy groups -OCH3 is 1. The van der Waals surface area contributed by atoms with Crippen molar-refractivity contribution in [3.05, 3.63) is 42.0 Å². The van der Waals surface area contributed by atoms with Gasteiger partial charge in [0.2, 0.25) is 0 Å². The van der Waals surface area contributed by atoms with Gasteiger partial charge in [0, 0.05) is 5.56 Å². The van der Waals surface area contributed by atoms with Crippen LogP contribution in [0.5, 0.6) is 17.2 Å². The van der Waals surface area contributed by atoms with Crippen molar-refractivity contribution in [2.45, 2.75) is 0 Å². The minimum Gasteiger partial charge on any atom is -0.497 e. The molecule has 4 heteroatoms. The quantitative estimate of drug-likeness (QED) is 0.804. The summed E-state index contributed by atoms with van der Waals surface area (Å²) in [5.74, 6) is 2.13. The number of ether oxygens (including phenoxy) is 3. The number of rotatable bonds is 3. The van der Waals surface area contributed by atoms with Crippen LogP contribution in [0.15, 0.2) is 36.4 Å². The molecule has 102 valence electrons. The number of fused-ring (bicyclic) bond motifs is 1. The third kappa shape index (κ3) is 2.32. The van der Waals surface area contributed by atoms with Gasteiger partial charge >= 0.3 is 0 Å². The Kier molecular flexibility index (Phi) is 3.29. The highest BCUT2D eigenvalue weighted by molar-refractivity contribution is 5.80. The van der Waals surface area contributed by atoms with Crippen molar-refractivity contribution in [2.75, 3.05) is 20.3 Å². The Labute approximate surface area is 116 Å². The van der Waals surface area contributed by atoms with E-state index in [9.17, 15) is 4.79 Å². The first-order chi connectivity index (χ1) is 9.80. The van der Waals surface area contributed by atoms with Crippen LogP contribution in [-0.2, 0) is 0 Å². The van der Waals surface area contributed by atoms with Gasteiger partial charge in [-0.2, -0.15) is 0 Å². The zero-order valence-electron chi connectivity index (χ0n) is 11.1. The second-order valence-corrected chi connectivity index (χ2v) is 4.47. The molecule has 0 atom stereocenters. The number of carbonyl (C=O) groups is 1. The molecule has 0 aliphatic carbocycles. The van der Waals surface area contributed by atoms with E-state index in [0.717, 1.165) is 28.9 Å². The minimum absolute atomic E-state index is 0.550. The lowest BCUT2D eigenvalue weighted by Gasteiger charge is -2.19. The van der Waals surface area contributed by atoms with E-state index >= 15 is 0 Å². The number of carbonyl (C=O) groups excluding carboxylic acids is 1. The van der Waals surface area contributed by atoms with Crippen molar-refractivity contribution in [1.82, 2.24) is 0 Å². The number of aldehydes is 1. The summed E-state index contributed by atoms with van der Waals surface area (Å²) in [7, 11) is 1.58. The van der Waals surface area contributed by atoms with Gasteiger partial charge in [-0.1, -0.05) is 6.07 Å². The second kappa shape index (κ2) is 5.25. The van der Waals surface area contributed by atoms with Gasteiger partial charge in [0.15, 0.2) is 11.5 Å². The van der Waals surface area contributed by atoms with Crippen LogP contribution in [0.25, 0.3) is 11.1 Å². The third-order valence-corrected chi connectivity index (χ3v) is 3.18. The normalized spacial score (nSPS) is 12.8. The highest BCUT2D eigenvalue weighted by Crippen LogP contribution is 2.35. The monoisotopic (exact) mass is 270 g/mol. The molecule has 1 aliphatic rings. The van der Waals surface area contributed by atoms with Gasteiger partial charge in [0.05, 0.1) is 7.11 Å². The Morgan fingerprint density at radius 3 is 2.55 bits per heavy atom. The predicted octanol–water partition coefficient (Wildman–Crippen LogP) is 2.95. The van der Waals surface area contributed by atoms with E-state index in [4.69, 9.17) is 14.2 Å². The summed E-state index contributed by atoms with van der Waals surface area (Å²) in [4.78, 5) is 11.0. The van der Waals surface area contributed by atoms with Gasteiger partial charge in [0.25, 0.3) is 0 Å². The third-order valence-electron chi connectivity index (χ3n) is 3.18. The molecule has 2 aromatic carbocycles. The van der Waals surface area contributed by atoms with Crippen LogP contribution in [0, 0.1) is 0 Å². The Hall–Kier alpha value is -2.49. The van der Waals surface area contributed by atoms with Crippen molar-refractivity contribution >= 4 is 6.29 Å². The lowest BCUT2D eigenvalue weighted by molar-refractivity contribution is 0.112. The molecule has 0 fully saturated rings. The van der Waals surface area contributed by atoms with E-state index in [0.29, 0.717) is 24.5 Å². The molecule has 0 unspecified atom stereocenters. The van der Waals surface area contributed by atoms with Gasteiger partial charge in [0.1, 0.15) is 25.2 Å². The van der Waals surface area contributed by atoms with Crippen LogP contribution in [0.4, 0.5) is 0 Å². The minimum atomic E-state index is 0.550. The highest BCUT2D eigenvalue weighted by atomic mass is 16.6. The van der Waals surface area contributed by atoms with E-state index in [1.165, 1.54) is 0 Å². The van der Waals surface area contributed by atoms with Gasteiger partial charge in [-0.15, -0.1) is 0 Å². The second-order valence-electron chi connectivity index (χ2n) is 4.47. The summed E-state index contributed by atoms with van der Waals surface area (Å²) in [6.07, 6.45) is 0.810. The standard InChI is InChI=1S/C16H14O4/c1-18-14-7-11(10-17)6-13(8-14)12-2-3-15-16(9-12)20-5-4-19-15/h2-3,6-10H,4-5H2,1H3. The van der Waals surface area contributed by atoms with Gasteiger partial charge in [-0.05, 0) is 41.5 Å². The summed E-state index contributed by atoms with van der Waals surface area (Å²) < 4.78 is 16.3. The summed E-state index contributed by atoms with van der Waals surface area (Å²) >= 11 is 0. The molecule has 0 spiro atoms. The van der Waals surface area contributed by atoms with Gasteiger partial charge in [-0.25, -0.2) is 0 Å². The molecule has 0 aromatic heterocycles. The number of hydrogen-bond acceptors (Lipinski definition) is 4. The lowest BCUT2D eigenvalue weighted by Crippen LogP contribution is -2.15. The fraction of sp³-hybridized carbons (Fsp3) is 0.188. The highest BCUT2D eigenvalue weighted by Gasteiger charge is 2.13. The number of benzene rings is 2. The summed E-state index contributed by atoms with van der Waals surface area (Å²) in [6, 6.07) is 11.1. The van der Waals surface area contributed by atoms with Crippen molar-refractivity contribution in [1.29, 1.82) is 0 Å². The predicted molar refractivity (Wildman–Crippen MR) is 74.8 cm³/mol. The van der Waals surface area contributed by atoms with Crippen LogP contribution >= 0.6 is 0 Å². The molecule has 0 N–H and O–H groups in total. The lowest BCUT2D eigenvalue weighted by atomic mass is 10.0. The van der Waals surface area contributed by atoms with Crippen molar-refractivity contribution in [3.8, 4) is 28.4 Å². The smallest absolute Gasteiger partial charge is 0.161 e. The largest absolute Gasteiger partial charge is 0.497 e.